The molecule has 0 radical (unpaired) electrons. The Bertz CT molecular complexity index is 1560. The molecule has 0 aliphatic heterocycles. The van der Waals surface area contributed by atoms with Gasteiger partial charge in [0.05, 0.1) is 21.9 Å². The molecule has 0 aliphatic rings. The molecule has 2 heterocycles. The fourth-order valence-corrected chi connectivity index (χ4v) is 4.19. The SMILES string of the molecule is CCc1ccc2c(=O)c3cc4[nH]c5ccccc5c(=O)c4cc3n(N(C)C)c2c1. The van der Waals surface area contributed by atoms with Crippen LogP contribution in [0.2, 0.25) is 0 Å². The third-order valence-corrected chi connectivity index (χ3v) is 5.64. The highest BCUT2D eigenvalue weighted by atomic mass is 16.1. The standard InChI is InChI=1S/C24H21N3O2/c1-4-14-9-10-16-21(11-14)27(26(2)3)22-13-17-20(12-18(22)24(16)29)25-19-8-6-5-7-15(19)23(17)28/h5-13H,4H2,1-3H3,(H,25,28). The Labute approximate surface area is 166 Å². The van der Waals surface area contributed by atoms with Gasteiger partial charge in [-0.1, -0.05) is 25.1 Å². The van der Waals surface area contributed by atoms with Gasteiger partial charge in [-0.15, -0.1) is 0 Å². The summed E-state index contributed by atoms with van der Waals surface area (Å²) < 4.78 is 2.01. The molecule has 5 heteroatoms. The molecule has 0 amide bonds. The van der Waals surface area contributed by atoms with E-state index in [1.54, 1.807) is 0 Å². The lowest BCUT2D eigenvalue weighted by atomic mass is 10.0. The van der Waals surface area contributed by atoms with E-state index in [1.807, 2.05) is 72.3 Å². The van der Waals surface area contributed by atoms with Gasteiger partial charge in [0.15, 0.2) is 10.9 Å². The topological polar surface area (TPSA) is 58.1 Å². The number of rotatable bonds is 2. The lowest BCUT2D eigenvalue weighted by Gasteiger charge is -2.23. The Kier molecular flexibility index (Phi) is 3.74. The van der Waals surface area contributed by atoms with Crippen molar-refractivity contribution in [2.24, 2.45) is 0 Å². The number of para-hydroxylation sites is 1. The quantitative estimate of drug-likeness (QED) is 0.470. The van der Waals surface area contributed by atoms with Gasteiger partial charge in [-0.25, -0.2) is 0 Å². The molecule has 0 bridgehead atoms. The molecule has 1 N–H and O–H groups in total. The first-order valence-corrected chi connectivity index (χ1v) is 9.73. The van der Waals surface area contributed by atoms with Gasteiger partial charge >= 0.3 is 0 Å². The Morgan fingerprint density at radius 2 is 1.52 bits per heavy atom. The molecular weight excluding hydrogens is 362 g/mol. The van der Waals surface area contributed by atoms with Gasteiger partial charge in [0.25, 0.3) is 0 Å². The number of aryl methyl sites for hydroxylation is 1. The number of fused-ring (bicyclic) bond motifs is 4. The molecule has 5 aromatic rings. The van der Waals surface area contributed by atoms with Crippen LogP contribution in [0.1, 0.15) is 12.5 Å². The van der Waals surface area contributed by atoms with E-state index in [0.29, 0.717) is 27.1 Å². The zero-order valence-corrected chi connectivity index (χ0v) is 16.6. The first-order chi connectivity index (χ1) is 14.0. The van der Waals surface area contributed by atoms with Crippen LogP contribution in [0.25, 0.3) is 43.6 Å². The Balaban J connectivity index is 2.05. The lowest BCUT2D eigenvalue weighted by Crippen LogP contribution is -2.28. The minimum absolute atomic E-state index is 0.0216. The summed E-state index contributed by atoms with van der Waals surface area (Å²) in [4.78, 5) is 29.8. The average molecular weight is 383 g/mol. The van der Waals surface area contributed by atoms with Gasteiger partial charge < -0.3 is 9.99 Å². The summed E-state index contributed by atoms with van der Waals surface area (Å²) in [5.41, 5.74) is 4.14. The minimum Gasteiger partial charge on any atom is -0.354 e. The molecule has 0 saturated carbocycles. The normalized spacial score (nSPS) is 11.7. The number of pyridine rings is 2. The summed E-state index contributed by atoms with van der Waals surface area (Å²) in [5.74, 6) is 0. The van der Waals surface area contributed by atoms with Crippen molar-refractivity contribution in [1.29, 1.82) is 0 Å². The van der Waals surface area contributed by atoms with E-state index in [1.165, 1.54) is 0 Å². The molecule has 0 atom stereocenters. The van der Waals surface area contributed by atoms with E-state index < -0.39 is 0 Å². The van der Waals surface area contributed by atoms with Crippen LogP contribution in [0.5, 0.6) is 0 Å². The zero-order valence-electron chi connectivity index (χ0n) is 16.6. The molecule has 0 aliphatic carbocycles. The van der Waals surface area contributed by atoms with Gasteiger partial charge in [0.2, 0.25) is 0 Å². The third kappa shape index (κ3) is 2.47. The molecule has 2 aromatic heterocycles. The van der Waals surface area contributed by atoms with Crippen molar-refractivity contribution >= 4 is 43.6 Å². The Hall–Kier alpha value is -3.60. The van der Waals surface area contributed by atoms with Crippen LogP contribution < -0.4 is 15.9 Å². The van der Waals surface area contributed by atoms with Gasteiger partial charge in [-0.2, -0.15) is 0 Å². The van der Waals surface area contributed by atoms with Crippen molar-refractivity contribution in [3.63, 3.8) is 0 Å². The largest absolute Gasteiger partial charge is 0.354 e. The fraction of sp³-hybridized carbons (Fsp3) is 0.167. The number of aromatic nitrogens is 2. The summed E-state index contributed by atoms with van der Waals surface area (Å²) >= 11 is 0. The molecule has 29 heavy (non-hydrogen) atoms. The van der Waals surface area contributed by atoms with Crippen molar-refractivity contribution in [2.75, 3.05) is 19.1 Å². The Morgan fingerprint density at radius 3 is 2.28 bits per heavy atom. The van der Waals surface area contributed by atoms with E-state index in [9.17, 15) is 9.59 Å². The highest BCUT2D eigenvalue weighted by Gasteiger charge is 2.15. The van der Waals surface area contributed by atoms with Gasteiger partial charge in [0.1, 0.15) is 0 Å². The smallest absolute Gasteiger partial charge is 0.197 e. The maximum absolute atomic E-state index is 13.3. The summed E-state index contributed by atoms with van der Waals surface area (Å²) in [7, 11) is 3.88. The second-order valence-electron chi connectivity index (χ2n) is 7.61. The molecule has 0 spiro atoms. The van der Waals surface area contributed by atoms with Crippen molar-refractivity contribution in [3.8, 4) is 0 Å². The predicted molar refractivity (Wildman–Crippen MR) is 121 cm³/mol. The molecular formula is C24H21N3O2. The van der Waals surface area contributed by atoms with E-state index in [4.69, 9.17) is 0 Å². The summed E-state index contributed by atoms with van der Waals surface area (Å²) in [6.07, 6.45) is 0.888. The number of aromatic amines is 1. The van der Waals surface area contributed by atoms with Crippen LogP contribution in [0, 0.1) is 0 Å². The van der Waals surface area contributed by atoms with Crippen LogP contribution in [0.4, 0.5) is 0 Å². The third-order valence-electron chi connectivity index (χ3n) is 5.64. The molecule has 5 nitrogen and oxygen atoms in total. The van der Waals surface area contributed by atoms with Crippen molar-refractivity contribution in [3.05, 3.63) is 80.6 Å². The lowest BCUT2D eigenvalue weighted by molar-refractivity contribution is 0.783. The second kappa shape index (κ2) is 6.21. The highest BCUT2D eigenvalue weighted by Crippen LogP contribution is 2.25. The van der Waals surface area contributed by atoms with E-state index in [0.717, 1.165) is 28.5 Å². The molecule has 0 unspecified atom stereocenters. The average Bonchev–Trinajstić information content (AvgIpc) is 2.73. The first kappa shape index (κ1) is 17.5. The predicted octanol–water partition coefficient (Wildman–Crippen LogP) is 3.91. The van der Waals surface area contributed by atoms with Crippen LogP contribution in [0.3, 0.4) is 0 Å². The first-order valence-electron chi connectivity index (χ1n) is 9.73. The molecule has 0 fully saturated rings. The highest BCUT2D eigenvalue weighted by molar-refractivity contribution is 6.03. The molecule has 3 aromatic carbocycles. The van der Waals surface area contributed by atoms with Gasteiger partial charge in [-0.3, -0.25) is 14.3 Å². The fourth-order valence-electron chi connectivity index (χ4n) is 4.19. The van der Waals surface area contributed by atoms with E-state index in [2.05, 4.69) is 18.0 Å². The van der Waals surface area contributed by atoms with Crippen molar-refractivity contribution < 1.29 is 0 Å². The number of hydrogen-bond donors (Lipinski definition) is 1. The Morgan fingerprint density at radius 1 is 0.793 bits per heavy atom. The van der Waals surface area contributed by atoms with Crippen LogP contribution in [-0.2, 0) is 6.42 Å². The van der Waals surface area contributed by atoms with Gasteiger partial charge in [-0.05, 0) is 48.4 Å². The second-order valence-corrected chi connectivity index (χ2v) is 7.61. The maximum Gasteiger partial charge on any atom is 0.197 e. The molecule has 0 saturated heterocycles. The monoisotopic (exact) mass is 383 g/mol. The number of nitrogens with zero attached hydrogens (tertiary/aromatic N) is 2. The maximum atomic E-state index is 13.3. The van der Waals surface area contributed by atoms with Gasteiger partial charge in [0, 0.05) is 35.8 Å². The minimum atomic E-state index is -0.0311. The zero-order chi connectivity index (χ0) is 20.3. The number of benzene rings is 3. The van der Waals surface area contributed by atoms with E-state index >= 15 is 0 Å². The van der Waals surface area contributed by atoms with Crippen LogP contribution in [0.15, 0.2) is 64.2 Å². The number of H-pyrrole nitrogens is 1. The van der Waals surface area contributed by atoms with Crippen LogP contribution >= 0.6 is 0 Å². The summed E-state index contributed by atoms with van der Waals surface area (Å²) in [6.45, 7) is 2.10. The summed E-state index contributed by atoms with van der Waals surface area (Å²) in [6, 6.07) is 17.1. The number of hydrogen-bond acceptors (Lipinski definition) is 3. The van der Waals surface area contributed by atoms with Crippen LogP contribution in [-0.4, -0.2) is 23.8 Å². The van der Waals surface area contributed by atoms with Crippen molar-refractivity contribution in [2.45, 2.75) is 13.3 Å². The molecule has 144 valence electrons. The van der Waals surface area contributed by atoms with E-state index in [-0.39, 0.29) is 10.9 Å². The van der Waals surface area contributed by atoms with Crippen molar-refractivity contribution in [1.82, 2.24) is 9.66 Å². The summed E-state index contributed by atoms with van der Waals surface area (Å²) in [5, 5.41) is 4.44. The number of nitrogens with one attached hydrogen (secondary N) is 1. The molecule has 5 rings (SSSR count).